The molecule has 15 heavy (non-hydrogen) atoms. The first-order chi connectivity index (χ1) is 7.25. The van der Waals surface area contributed by atoms with Crippen molar-refractivity contribution in [3.63, 3.8) is 0 Å². The number of nitrogens with two attached hydrogens (primary N) is 1. The number of aromatic nitrogens is 1. The van der Waals surface area contributed by atoms with Crippen LogP contribution in [0.25, 0.3) is 12.2 Å². The van der Waals surface area contributed by atoms with Crippen molar-refractivity contribution in [1.82, 2.24) is 4.68 Å². The minimum atomic E-state index is 1.08. The highest BCUT2D eigenvalue weighted by Gasteiger charge is 2.16. The molecule has 2 N–H and O–H groups in total. The highest BCUT2D eigenvalue weighted by atomic mass is 15.3. The number of hydrogen-bond donors (Lipinski definition) is 1. The van der Waals surface area contributed by atoms with E-state index in [0.717, 1.165) is 24.2 Å². The van der Waals surface area contributed by atoms with Crippen molar-refractivity contribution in [2.75, 3.05) is 5.84 Å². The number of nitrogen functional groups attached to an aromatic ring is 1. The summed E-state index contributed by atoms with van der Waals surface area (Å²) in [6.45, 7) is 5.80. The molecular weight excluding hydrogens is 184 g/mol. The minimum Gasteiger partial charge on any atom is -0.339 e. The minimum absolute atomic E-state index is 1.08. The maximum atomic E-state index is 6.05. The molecule has 0 unspecified atom stereocenters. The van der Waals surface area contributed by atoms with Crippen LogP contribution in [0.1, 0.15) is 28.9 Å². The highest BCUT2D eigenvalue weighted by Crippen LogP contribution is 2.27. The predicted octanol–water partition coefficient (Wildman–Crippen LogP) is 2.67. The normalized spacial score (nSPS) is 14.5. The van der Waals surface area contributed by atoms with E-state index in [1.54, 1.807) is 10.8 Å². The van der Waals surface area contributed by atoms with Gasteiger partial charge in [0.05, 0.1) is 11.4 Å². The summed E-state index contributed by atoms with van der Waals surface area (Å²) in [4.78, 5) is 0. The van der Waals surface area contributed by atoms with Crippen LogP contribution in [0.15, 0.2) is 24.8 Å². The summed E-state index contributed by atoms with van der Waals surface area (Å²) < 4.78 is 1.76. The molecule has 1 aromatic rings. The van der Waals surface area contributed by atoms with Crippen molar-refractivity contribution >= 4 is 12.2 Å². The number of rotatable bonds is 2. The van der Waals surface area contributed by atoms with E-state index in [0.29, 0.717) is 0 Å². The molecule has 2 heteroatoms. The number of allylic oxidation sites excluding steroid dienone is 3. The zero-order chi connectivity index (χ0) is 10.8. The smallest absolute Gasteiger partial charge is 0.0656 e. The van der Waals surface area contributed by atoms with Crippen LogP contribution < -0.4 is 5.84 Å². The summed E-state index contributed by atoms with van der Waals surface area (Å²) in [5, 5.41) is 0. The lowest BCUT2D eigenvalue weighted by atomic mass is 10.0. The zero-order valence-corrected chi connectivity index (χ0v) is 9.03. The topological polar surface area (TPSA) is 30.9 Å². The largest absolute Gasteiger partial charge is 0.339 e. The van der Waals surface area contributed by atoms with Gasteiger partial charge in [-0.15, -0.1) is 0 Å². The van der Waals surface area contributed by atoms with Crippen LogP contribution in [0.2, 0.25) is 0 Å². The maximum Gasteiger partial charge on any atom is 0.0656 e. The van der Waals surface area contributed by atoms with Crippen molar-refractivity contribution in [2.45, 2.75) is 19.8 Å². The van der Waals surface area contributed by atoms with Crippen molar-refractivity contribution in [3.05, 3.63) is 47.3 Å². The van der Waals surface area contributed by atoms with Crippen molar-refractivity contribution < 1.29 is 0 Å². The first-order valence-corrected chi connectivity index (χ1v) is 5.20. The predicted molar refractivity (Wildman–Crippen MR) is 65.9 cm³/mol. The standard InChI is InChI=1S/C13H16N2/c1-3-4-8-12-10(2)11-7-5-6-9-13(11)15(12)14/h3-4,6,8-9H,1,5,7,14H2,2H3/b8-4-. The van der Waals surface area contributed by atoms with Gasteiger partial charge in [-0.05, 0) is 43.0 Å². The molecule has 0 atom stereocenters. The lowest BCUT2D eigenvalue weighted by Gasteiger charge is -2.06. The maximum absolute atomic E-state index is 6.05. The molecule has 0 fully saturated rings. The second kappa shape index (κ2) is 3.81. The molecule has 1 aliphatic rings. The second-order valence-corrected chi connectivity index (χ2v) is 3.78. The van der Waals surface area contributed by atoms with E-state index < -0.39 is 0 Å². The third-order valence-corrected chi connectivity index (χ3v) is 2.89. The van der Waals surface area contributed by atoms with Crippen LogP contribution in [-0.2, 0) is 6.42 Å². The van der Waals surface area contributed by atoms with Gasteiger partial charge in [-0.2, -0.15) is 0 Å². The molecule has 0 saturated heterocycles. The number of hydrogen-bond acceptors (Lipinski definition) is 1. The first-order valence-electron chi connectivity index (χ1n) is 5.20. The third kappa shape index (κ3) is 1.52. The van der Waals surface area contributed by atoms with E-state index >= 15 is 0 Å². The Kier molecular flexibility index (Phi) is 2.50. The van der Waals surface area contributed by atoms with Gasteiger partial charge in [0, 0.05) is 0 Å². The Morgan fingerprint density at radius 1 is 1.53 bits per heavy atom. The van der Waals surface area contributed by atoms with E-state index in [1.807, 2.05) is 12.2 Å². The Morgan fingerprint density at radius 2 is 2.33 bits per heavy atom. The van der Waals surface area contributed by atoms with Crippen LogP contribution in [0.3, 0.4) is 0 Å². The fourth-order valence-electron chi connectivity index (χ4n) is 2.09. The Hall–Kier alpha value is -1.70. The Morgan fingerprint density at radius 3 is 3.00 bits per heavy atom. The van der Waals surface area contributed by atoms with Gasteiger partial charge in [-0.25, -0.2) is 0 Å². The van der Waals surface area contributed by atoms with Gasteiger partial charge in [0.15, 0.2) is 0 Å². The molecular formula is C13H16N2. The molecule has 0 saturated carbocycles. The van der Waals surface area contributed by atoms with Crippen LogP contribution >= 0.6 is 0 Å². The molecule has 78 valence electrons. The number of fused-ring (bicyclic) bond motifs is 1. The van der Waals surface area contributed by atoms with Crippen molar-refractivity contribution in [2.24, 2.45) is 0 Å². The van der Waals surface area contributed by atoms with Gasteiger partial charge in [0.25, 0.3) is 0 Å². The second-order valence-electron chi connectivity index (χ2n) is 3.78. The molecule has 1 heterocycles. The average Bonchev–Trinajstić information content (AvgIpc) is 2.51. The summed E-state index contributed by atoms with van der Waals surface area (Å²) in [5.74, 6) is 6.05. The van der Waals surface area contributed by atoms with E-state index in [-0.39, 0.29) is 0 Å². The Bertz CT molecular complexity index is 448. The van der Waals surface area contributed by atoms with E-state index in [2.05, 4.69) is 25.7 Å². The molecule has 1 aliphatic carbocycles. The van der Waals surface area contributed by atoms with Crippen LogP contribution in [0, 0.1) is 6.92 Å². The molecule has 0 aromatic carbocycles. The average molecular weight is 200 g/mol. The highest BCUT2D eigenvalue weighted by molar-refractivity contribution is 5.64. The molecule has 0 aliphatic heterocycles. The molecule has 0 radical (unpaired) electrons. The molecule has 2 nitrogen and oxygen atoms in total. The summed E-state index contributed by atoms with van der Waals surface area (Å²) in [6, 6.07) is 0. The number of nitrogens with zero attached hydrogens (tertiary/aromatic N) is 1. The molecule has 0 amide bonds. The SMILES string of the molecule is C=C/C=C\c1c(C)c2c(n1N)C=CCC2. The van der Waals surface area contributed by atoms with Crippen molar-refractivity contribution in [3.8, 4) is 0 Å². The zero-order valence-electron chi connectivity index (χ0n) is 9.03. The Labute approximate surface area is 90.4 Å². The van der Waals surface area contributed by atoms with Gasteiger partial charge in [0.2, 0.25) is 0 Å². The quantitative estimate of drug-likeness (QED) is 0.577. The Balaban J connectivity index is 2.57. The summed E-state index contributed by atoms with van der Waals surface area (Å²) in [6.07, 6.45) is 12.2. The van der Waals surface area contributed by atoms with Crippen LogP contribution in [-0.4, -0.2) is 4.68 Å². The van der Waals surface area contributed by atoms with Gasteiger partial charge in [-0.3, -0.25) is 4.68 Å². The lowest BCUT2D eigenvalue weighted by Crippen LogP contribution is -2.12. The van der Waals surface area contributed by atoms with Gasteiger partial charge in [-0.1, -0.05) is 24.8 Å². The molecule has 0 spiro atoms. The summed E-state index contributed by atoms with van der Waals surface area (Å²) in [5.41, 5.74) is 4.88. The van der Waals surface area contributed by atoms with Crippen LogP contribution in [0.5, 0.6) is 0 Å². The third-order valence-electron chi connectivity index (χ3n) is 2.89. The van der Waals surface area contributed by atoms with Gasteiger partial charge >= 0.3 is 0 Å². The molecule has 2 rings (SSSR count). The monoisotopic (exact) mass is 200 g/mol. The fraction of sp³-hybridized carbons (Fsp3) is 0.231. The van der Waals surface area contributed by atoms with Crippen molar-refractivity contribution in [1.29, 1.82) is 0 Å². The van der Waals surface area contributed by atoms with Gasteiger partial charge in [0.1, 0.15) is 0 Å². The molecule has 0 bridgehead atoms. The lowest BCUT2D eigenvalue weighted by molar-refractivity contribution is 0.932. The fourth-order valence-corrected chi connectivity index (χ4v) is 2.09. The summed E-state index contributed by atoms with van der Waals surface area (Å²) in [7, 11) is 0. The van der Waals surface area contributed by atoms with E-state index in [9.17, 15) is 0 Å². The van der Waals surface area contributed by atoms with E-state index in [4.69, 9.17) is 5.84 Å². The first kappa shape index (κ1) is 9.84. The van der Waals surface area contributed by atoms with Gasteiger partial charge < -0.3 is 5.84 Å². The molecule has 1 aromatic heterocycles. The summed E-state index contributed by atoms with van der Waals surface area (Å²) >= 11 is 0. The van der Waals surface area contributed by atoms with E-state index in [1.165, 1.54) is 11.1 Å². The van der Waals surface area contributed by atoms with Crippen LogP contribution in [0.4, 0.5) is 0 Å².